The number of carbonyl (C=O) groups excluding carboxylic acids is 1. The van der Waals surface area contributed by atoms with Gasteiger partial charge in [-0.1, -0.05) is 13.0 Å². The van der Waals surface area contributed by atoms with Crippen LogP contribution in [0.2, 0.25) is 0 Å². The number of nitro benzene ring substituents is 1. The molecule has 0 atom stereocenters. The molecule has 2 aliphatic rings. The van der Waals surface area contributed by atoms with E-state index in [4.69, 9.17) is 0 Å². The zero-order valence-corrected chi connectivity index (χ0v) is 19.1. The van der Waals surface area contributed by atoms with Crippen LogP contribution in [0.4, 0.5) is 5.69 Å². The predicted octanol–water partition coefficient (Wildman–Crippen LogP) is 2.29. The Morgan fingerprint density at radius 2 is 1.81 bits per heavy atom. The van der Waals surface area contributed by atoms with E-state index in [-0.39, 0.29) is 41.5 Å². The lowest BCUT2D eigenvalue weighted by atomic mass is 9.96. The summed E-state index contributed by atoms with van der Waals surface area (Å²) in [6, 6.07) is 4.07. The number of rotatable bonds is 7. The summed E-state index contributed by atoms with van der Waals surface area (Å²) in [5.74, 6) is -0.191. The fourth-order valence-electron chi connectivity index (χ4n) is 4.41. The van der Waals surface area contributed by atoms with Gasteiger partial charge in [0.1, 0.15) is 0 Å². The SMILES string of the molecule is CCCN1CCC(NC(=O)C2CCN(S(=O)(=O)c3cc([N+](=O)[O-])ccc3C)CC2)CC1. The Balaban J connectivity index is 1.56. The van der Waals surface area contributed by atoms with Gasteiger partial charge in [0.15, 0.2) is 0 Å². The molecule has 1 N–H and O–H groups in total. The van der Waals surface area contributed by atoms with Crippen LogP contribution in [0.3, 0.4) is 0 Å². The van der Waals surface area contributed by atoms with Gasteiger partial charge in [-0.25, -0.2) is 8.42 Å². The molecule has 0 saturated carbocycles. The maximum atomic E-state index is 13.1. The average molecular weight is 453 g/mol. The van der Waals surface area contributed by atoms with E-state index in [0.717, 1.165) is 45.0 Å². The summed E-state index contributed by atoms with van der Waals surface area (Å²) in [5, 5.41) is 14.2. The molecule has 0 bridgehead atoms. The second-order valence-electron chi connectivity index (χ2n) is 8.51. The van der Waals surface area contributed by atoms with Gasteiger partial charge in [-0.3, -0.25) is 14.9 Å². The van der Waals surface area contributed by atoms with Crippen molar-refractivity contribution in [2.24, 2.45) is 5.92 Å². The molecule has 0 aromatic heterocycles. The number of likely N-dealkylation sites (tertiary alicyclic amines) is 1. The molecule has 3 rings (SSSR count). The summed E-state index contributed by atoms with van der Waals surface area (Å²) in [5.41, 5.74) is 0.225. The van der Waals surface area contributed by atoms with Gasteiger partial charge < -0.3 is 10.2 Å². The van der Waals surface area contributed by atoms with E-state index in [9.17, 15) is 23.3 Å². The first-order valence-electron chi connectivity index (χ1n) is 11.0. The summed E-state index contributed by atoms with van der Waals surface area (Å²) in [6.07, 6.45) is 3.94. The number of nitrogens with zero attached hydrogens (tertiary/aromatic N) is 3. The highest BCUT2D eigenvalue weighted by atomic mass is 32.2. The lowest BCUT2D eigenvalue weighted by molar-refractivity contribution is -0.385. The van der Waals surface area contributed by atoms with E-state index in [1.807, 2.05) is 0 Å². The standard InChI is InChI=1S/C21H32N4O5S/c1-3-10-23-11-8-18(9-12-23)22-21(26)17-6-13-24(14-7-17)31(29,30)20-15-19(25(27)28)5-4-16(20)2/h4-5,15,17-18H,3,6-14H2,1-2H3,(H,22,26). The molecular formula is C21H32N4O5S. The second-order valence-corrected chi connectivity index (χ2v) is 10.4. The number of hydrogen-bond donors (Lipinski definition) is 1. The van der Waals surface area contributed by atoms with Crippen molar-refractivity contribution in [1.82, 2.24) is 14.5 Å². The van der Waals surface area contributed by atoms with Gasteiger partial charge >= 0.3 is 0 Å². The molecule has 0 radical (unpaired) electrons. The van der Waals surface area contributed by atoms with Gasteiger partial charge in [-0.05, 0) is 51.1 Å². The molecule has 0 aliphatic carbocycles. The Hall–Kier alpha value is -2.04. The summed E-state index contributed by atoms with van der Waals surface area (Å²) in [4.78, 5) is 25.5. The fourth-order valence-corrected chi connectivity index (χ4v) is 6.13. The zero-order chi connectivity index (χ0) is 22.6. The summed E-state index contributed by atoms with van der Waals surface area (Å²) in [7, 11) is -3.85. The number of carbonyl (C=O) groups is 1. The van der Waals surface area contributed by atoms with Gasteiger partial charge in [-0.2, -0.15) is 4.31 Å². The highest BCUT2D eigenvalue weighted by Crippen LogP contribution is 2.28. The number of aryl methyl sites for hydroxylation is 1. The van der Waals surface area contributed by atoms with Crippen LogP contribution in [0, 0.1) is 23.0 Å². The third-order valence-electron chi connectivity index (χ3n) is 6.30. The first kappa shape index (κ1) is 23.6. The lowest BCUT2D eigenvalue weighted by Crippen LogP contribution is -2.48. The summed E-state index contributed by atoms with van der Waals surface area (Å²) >= 11 is 0. The van der Waals surface area contributed by atoms with Crippen LogP contribution in [0.15, 0.2) is 23.1 Å². The van der Waals surface area contributed by atoms with Crippen molar-refractivity contribution < 1.29 is 18.1 Å². The Morgan fingerprint density at radius 3 is 2.39 bits per heavy atom. The molecular weight excluding hydrogens is 420 g/mol. The van der Waals surface area contributed by atoms with Crippen molar-refractivity contribution in [2.45, 2.75) is 56.9 Å². The van der Waals surface area contributed by atoms with E-state index in [1.54, 1.807) is 6.92 Å². The zero-order valence-electron chi connectivity index (χ0n) is 18.2. The Morgan fingerprint density at radius 1 is 1.16 bits per heavy atom. The number of hydrogen-bond acceptors (Lipinski definition) is 6. The van der Waals surface area contributed by atoms with Crippen molar-refractivity contribution in [3.8, 4) is 0 Å². The van der Waals surface area contributed by atoms with Crippen LogP contribution < -0.4 is 5.32 Å². The first-order chi connectivity index (χ1) is 14.7. The number of benzene rings is 1. The molecule has 2 fully saturated rings. The van der Waals surface area contributed by atoms with Crippen LogP contribution in [-0.4, -0.2) is 67.2 Å². The van der Waals surface area contributed by atoms with Crippen LogP contribution >= 0.6 is 0 Å². The van der Waals surface area contributed by atoms with Crippen molar-refractivity contribution in [3.63, 3.8) is 0 Å². The monoisotopic (exact) mass is 452 g/mol. The fraction of sp³-hybridized carbons (Fsp3) is 0.667. The molecule has 2 saturated heterocycles. The largest absolute Gasteiger partial charge is 0.353 e. The molecule has 2 heterocycles. The minimum absolute atomic E-state index is 0.0116. The van der Waals surface area contributed by atoms with E-state index in [2.05, 4.69) is 17.1 Å². The van der Waals surface area contributed by atoms with Gasteiger partial charge in [0, 0.05) is 50.3 Å². The maximum absolute atomic E-state index is 13.1. The normalized spacial score (nSPS) is 19.9. The first-order valence-corrected chi connectivity index (χ1v) is 12.4. The van der Waals surface area contributed by atoms with Crippen LogP contribution in [0.25, 0.3) is 0 Å². The molecule has 1 aromatic rings. The second kappa shape index (κ2) is 10.1. The van der Waals surface area contributed by atoms with E-state index >= 15 is 0 Å². The van der Waals surface area contributed by atoms with E-state index < -0.39 is 14.9 Å². The molecule has 1 amide bonds. The van der Waals surface area contributed by atoms with Crippen molar-refractivity contribution in [3.05, 3.63) is 33.9 Å². The third-order valence-corrected chi connectivity index (χ3v) is 8.34. The number of non-ortho nitro benzene ring substituents is 1. The highest BCUT2D eigenvalue weighted by Gasteiger charge is 2.34. The van der Waals surface area contributed by atoms with Crippen molar-refractivity contribution in [1.29, 1.82) is 0 Å². The Labute approximate surface area is 184 Å². The summed E-state index contributed by atoms with van der Waals surface area (Å²) in [6.45, 7) is 7.35. The van der Waals surface area contributed by atoms with Gasteiger partial charge in [0.2, 0.25) is 15.9 Å². The number of sulfonamides is 1. The van der Waals surface area contributed by atoms with Crippen molar-refractivity contribution in [2.75, 3.05) is 32.7 Å². The molecule has 10 heteroatoms. The molecule has 9 nitrogen and oxygen atoms in total. The highest BCUT2D eigenvalue weighted by molar-refractivity contribution is 7.89. The summed E-state index contributed by atoms with van der Waals surface area (Å²) < 4.78 is 27.5. The van der Waals surface area contributed by atoms with Crippen LogP contribution in [0.5, 0.6) is 0 Å². The minimum Gasteiger partial charge on any atom is -0.353 e. The molecule has 31 heavy (non-hydrogen) atoms. The quantitative estimate of drug-likeness (QED) is 0.502. The van der Waals surface area contributed by atoms with Crippen molar-refractivity contribution >= 4 is 21.6 Å². The third kappa shape index (κ3) is 5.61. The van der Waals surface area contributed by atoms with E-state index in [1.165, 1.54) is 16.4 Å². The lowest BCUT2D eigenvalue weighted by Gasteiger charge is -2.34. The van der Waals surface area contributed by atoms with Gasteiger partial charge in [-0.15, -0.1) is 0 Å². The van der Waals surface area contributed by atoms with Crippen LogP contribution in [-0.2, 0) is 14.8 Å². The molecule has 2 aliphatic heterocycles. The maximum Gasteiger partial charge on any atom is 0.270 e. The molecule has 1 aromatic carbocycles. The Kier molecular flexibility index (Phi) is 7.66. The van der Waals surface area contributed by atoms with Gasteiger partial charge in [0.05, 0.1) is 9.82 Å². The van der Waals surface area contributed by atoms with Crippen LogP contribution in [0.1, 0.15) is 44.6 Å². The number of nitrogens with one attached hydrogen (secondary N) is 1. The topological polar surface area (TPSA) is 113 Å². The average Bonchev–Trinajstić information content (AvgIpc) is 2.75. The Bertz CT molecular complexity index is 904. The number of amides is 1. The smallest absolute Gasteiger partial charge is 0.270 e. The molecule has 172 valence electrons. The molecule has 0 spiro atoms. The minimum atomic E-state index is -3.85. The number of piperidine rings is 2. The van der Waals surface area contributed by atoms with Gasteiger partial charge in [0.25, 0.3) is 5.69 Å². The predicted molar refractivity (Wildman–Crippen MR) is 117 cm³/mol. The van der Waals surface area contributed by atoms with E-state index in [0.29, 0.717) is 18.4 Å². The molecule has 0 unspecified atom stereocenters. The number of nitro groups is 1.